The second kappa shape index (κ2) is 9.50. The SMILES string of the molecule is COc1ccc(CN(Cc2ccco2)C(=O)COc2ccccc2)cc1OC. The van der Waals surface area contributed by atoms with Crippen molar-refractivity contribution >= 4 is 5.91 Å². The predicted octanol–water partition coefficient (Wildman–Crippen LogP) is 3.90. The average molecular weight is 381 g/mol. The Morgan fingerprint density at radius 1 is 0.929 bits per heavy atom. The summed E-state index contributed by atoms with van der Waals surface area (Å²) < 4.78 is 21.7. The number of para-hydroxylation sites is 1. The predicted molar refractivity (Wildman–Crippen MR) is 104 cm³/mol. The molecule has 2 aromatic carbocycles. The molecule has 28 heavy (non-hydrogen) atoms. The number of rotatable bonds is 9. The highest BCUT2D eigenvalue weighted by atomic mass is 16.5. The number of hydrogen-bond acceptors (Lipinski definition) is 5. The molecule has 6 heteroatoms. The molecule has 0 aliphatic heterocycles. The van der Waals surface area contributed by atoms with E-state index in [9.17, 15) is 4.79 Å². The van der Waals surface area contributed by atoms with E-state index in [1.165, 1.54) is 0 Å². The van der Waals surface area contributed by atoms with E-state index in [0.717, 1.165) is 5.56 Å². The fourth-order valence-corrected chi connectivity index (χ4v) is 2.78. The van der Waals surface area contributed by atoms with Crippen LogP contribution in [0.25, 0.3) is 0 Å². The zero-order valence-corrected chi connectivity index (χ0v) is 16.0. The topological polar surface area (TPSA) is 61.1 Å². The third-order valence-electron chi connectivity index (χ3n) is 4.21. The van der Waals surface area contributed by atoms with Gasteiger partial charge in [-0.3, -0.25) is 4.79 Å². The lowest BCUT2D eigenvalue weighted by molar-refractivity contribution is -0.134. The molecule has 6 nitrogen and oxygen atoms in total. The third kappa shape index (κ3) is 5.07. The van der Waals surface area contributed by atoms with Gasteiger partial charge >= 0.3 is 0 Å². The summed E-state index contributed by atoms with van der Waals surface area (Å²) in [7, 11) is 3.17. The molecule has 0 radical (unpaired) electrons. The van der Waals surface area contributed by atoms with E-state index in [4.69, 9.17) is 18.6 Å². The molecule has 0 saturated heterocycles. The first-order valence-electron chi connectivity index (χ1n) is 8.88. The molecule has 0 saturated carbocycles. The summed E-state index contributed by atoms with van der Waals surface area (Å²) in [4.78, 5) is 14.5. The highest BCUT2D eigenvalue weighted by Crippen LogP contribution is 2.28. The van der Waals surface area contributed by atoms with Gasteiger partial charge in [-0.05, 0) is 42.0 Å². The lowest BCUT2D eigenvalue weighted by atomic mass is 10.2. The Morgan fingerprint density at radius 3 is 2.39 bits per heavy atom. The van der Waals surface area contributed by atoms with Gasteiger partial charge in [0.2, 0.25) is 0 Å². The van der Waals surface area contributed by atoms with E-state index < -0.39 is 0 Å². The summed E-state index contributed by atoms with van der Waals surface area (Å²) in [5.74, 6) is 2.47. The minimum Gasteiger partial charge on any atom is -0.493 e. The number of hydrogen-bond donors (Lipinski definition) is 0. The summed E-state index contributed by atoms with van der Waals surface area (Å²) >= 11 is 0. The van der Waals surface area contributed by atoms with Crippen LogP contribution in [0.15, 0.2) is 71.3 Å². The van der Waals surface area contributed by atoms with Crippen molar-refractivity contribution in [1.82, 2.24) is 4.90 Å². The zero-order valence-electron chi connectivity index (χ0n) is 16.0. The molecule has 1 heterocycles. The van der Waals surface area contributed by atoms with Crippen LogP contribution in [0.5, 0.6) is 17.2 Å². The highest BCUT2D eigenvalue weighted by Gasteiger charge is 2.18. The van der Waals surface area contributed by atoms with Crippen LogP contribution >= 0.6 is 0 Å². The van der Waals surface area contributed by atoms with Gasteiger partial charge in [-0.25, -0.2) is 0 Å². The maximum atomic E-state index is 12.8. The summed E-state index contributed by atoms with van der Waals surface area (Å²) in [6.45, 7) is 0.675. The Morgan fingerprint density at radius 2 is 1.71 bits per heavy atom. The molecular weight excluding hydrogens is 358 g/mol. The fourth-order valence-electron chi connectivity index (χ4n) is 2.78. The van der Waals surface area contributed by atoms with Gasteiger partial charge in [0, 0.05) is 6.54 Å². The largest absolute Gasteiger partial charge is 0.493 e. The second-order valence-electron chi connectivity index (χ2n) is 6.12. The highest BCUT2D eigenvalue weighted by molar-refractivity contribution is 5.77. The zero-order chi connectivity index (χ0) is 19.8. The fraction of sp³-hybridized carbons (Fsp3) is 0.227. The van der Waals surface area contributed by atoms with Crippen molar-refractivity contribution in [2.24, 2.45) is 0 Å². The quantitative estimate of drug-likeness (QED) is 0.562. The van der Waals surface area contributed by atoms with Gasteiger partial charge in [-0.1, -0.05) is 24.3 Å². The van der Waals surface area contributed by atoms with Gasteiger partial charge in [0.15, 0.2) is 18.1 Å². The first-order chi connectivity index (χ1) is 13.7. The lowest BCUT2D eigenvalue weighted by Crippen LogP contribution is -2.34. The molecule has 0 atom stereocenters. The molecule has 0 N–H and O–H groups in total. The molecule has 1 aromatic heterocycles. The van der Waals surface area contributed by atoms with Crippen LogP contribution in [-0.4, -0.2) is 31.6 Å². The molecule has 0 aliphatic rings. The first kappa shape index (κ1) is 19.4. The smallest absolute Gasteiger partial charge is 0.261 e. The van der Waals surface area contributed by atoms with E-state index in [2.05, 4.69) is 0 Å². The molecule has 3 aromatic rings. The van der Waals surface area contributed by atoms with Crippen LogP contribution in [0.1, 0.15) is 11.3 Å². The summed E-state index contributed by atoms with van der Waals surface area (Å²) in [5.41, 5.74) is 0.914. The van der Waals surface area contributed by atoms with Crippen LogP contribution in [0.3, 0.4) is 0 Å². The molecule has 3 rings (SSSR count). The Balaban J connectivity index is 1.73. The van der Waals surface area contributed by atoms with E-state index in [0.29, 0.717) is 36.1 Å². The molecule has 0 unspecified atom stereocenters. The van der Waals surface area contributed by atoms with Crippen LogP contribution in [0.2, 0.25) is 0 Å². The molecule has 0 bridgehead atoms. The van der Waals surface area contributed by atoms with Crippen molar-refractivity contribution in [3.63, 3.8) is 0 Å². The van der Waals surface area contributed by atoms with Crippen molar-refractivity contribution in [2.45, 2.75) is 13.1 Å². The first-order valence-corrected chi connectivity index (χ1v) is 8.88. The van der Waals surface area contributed by atoms with Gasteiger partial charge in [0.05, 0.1) is 27.0 Å². The maximum absolute atomic E-state index is 12.8. The van der Waals surface area contributed by atoms with Gasteiger partial charge in [-0.15, -0.1) is 0 Å². The number of carbonyl (C=O) groups excluding carboxylic acids is 1. The number of methoxy groups -OCH3 is 2. The number of amides is 1. The lowest BCUT2D eigenvalue weighted by Gasteiger charge is -2.22. The molecule has 146 valence electrons. The monoisotopic (exact) mass is 381 g/mol. The Kier molecular flexibility index (Phi) is 6.57. The van der Waals surface area contributed by atoms with E-state index in [1.54, 1.807) is 31.4 Å². The van der Waals surface area contributed by atoms with Gasteiger partial charge in [0.25, 0.3) is 5.91 Å². The summed E-state index contributed by atoms with van der Waals surface area (Å²) in [6.07, 6.45) is 1.59. The van der Waals surface area contributed by atoms with E-state index >= 15 is 0 Å². The van der Waals surface area contributed by atoms with Crippen LogP contribution in [0.4, 0.5) is 0 Å². The second-order valence-corrected chi connectivity index (χ2v) is 6.12. The van der Waals surface area contributed by atoms with Crippen molar-refractivity contribution in [3.8, 4) is 17.2 Å². The minimum absolute atomic E-state index is 0.0575. The number of carbonyl (C=O) groups is 1. The van der Waals surface area contributed by atoms with Crippen molar-refractivity contribution < 1.29 is 23.4 Å². The van der Waals surface area contributed by atoms with E-state index in [1.807, 2.05) is 54.6 Å². The van der Waals surface area contributed by atoms with E-state index in [-0.39, 0.29) is 12.5 Å². The Hall–Kier alpha value is -3.41. The van der Waals surface area contributed by atoms with Gasteiger partial charge in [-0.2, -0.15) is 0 Å². The van der Waals surface area contributed by atoms with Crippen molar-refractivity contribution in [2.75, 3.05) is 20.8 Å². The van der Waals surface area contributed by atoms with Gasteiger partial charge < -0.3 is 23.5 Å². The molecule has 0 aliphatic carbocycles. The minimum atomic E-state index is -0.143. The normalized spacial score (nSPS) is 10.4. The average Bonchev–Trinajstić information content (AvgIpc) is 3.25. The molecule has 1 amide bonds. The van der Waals surface area contributed by atoms with Crippen molar-refractivity contribution in [3.05, 3.63) is 78.3 Å². The Labute approximate surface area is 164 Å². The summed E-state index contributed by atoms with van der Waals surface area (Å²) in [6, 6.07) is 18.5. The number of nitrogens with zero attached hydrogens (tertiary/aromatic N) is 1. The molecular formula is C22H23NO5. The molecule has 0 fully saturated rings. The number of benzene rings is 2. The molecule has 0 spiro atoms. The number of furan rings is 1. The van der Waals surface area contributed by atoms with Gasteiger partial charge in [0.1, 0.15) is 11.5 Å². The standard InChI is InChI=1S/C22H23NO5/c1-25-20-11-10-17(13-21(20)26-2)14-23(15-19-9-6-12-27-19)22(24)16-28-18-7-4-3-5-8-18/h3-13H,14-16H2,1-2H3. The van der Waals surface area contributed by atoms with Crippen LogP contribution in [0, 0.1) is 0 Å². The Bertz CT molecular complexity index is 877. The van der Waals surface area contributed by atoms with Crippen LogP contribution in [-0.2, 0) is 17.9 Å². The van der Waals surface area contributed by atoms with Crippen molar-refractivity contribution in [1.29, 1.82) is 0 Å². The number of ether oxygens (including phenoxy) is 3. The third-order valence-corrected chi connectivity index (χ3v) is 4.21. The van der Waals surface area contributed by atoms with Crippen LogP contribution < -0.4 is 14.2 Å². The maximum Gasteiger partial charge on any atom is 0.261 e. The summed E-state index contributed by atoms with van der Waals surface area (Å²) in [5, 5.41) is 0.